The number of rotatable bonds is 4. The van der Waals surface area contributed by atoms with E-state index in [0.29, 0.717) is 6.54 Å². The van der Waals surface area contributed by atoms with Gasteiger partial charge in [0.1, 0.15) is 0 Å². The predicted octanol–water partition coefficient (Wildman–Crippen LogP) is 4.22. The maximum absolute atomic E-state index is 12.3. The van der Waals surface area contributed by atoms with E-state index >= 15 is 0 Å². The van der Waals surface area contributed by atoms with Crippen LogP contribution in [-0.2, 0) is 0 Å². The molecular weight excluding hydrogens is 246 g/mol. The van der Waals surface area contributed by atoms with Crippen LogP contribution in [0.4, 0.5) is 5.69 Å². The van der Waals surface area contributed by atoms with Gasteiger partial charge in [-0.1, -0.05) is 29.8 Å². The molecule has 2 aromatic rings. The summed E-state index contributed by atoms with van der Waals surface area (Å²) < 4.78 is 0. The molecule has 0 atom stereocenters. The van der Waals surface area contributed by atoms with E-state index < -0.39 is 0 Å². The molecule has 0 aliphatic carbocycles. The second kappa shape index (κ2) is 5.91. The van der Waals surface area contributed by atoms with E-state index in [1.54, 1.807) is 0 Å². The van der Waals surface area contributed by atoms with Crippen molar-refractivity contribution in [3.63, 3.8) is 0 Å². The summed E-state index contributed by atoms with van der Waals surface area (Å²) in [5.41, 5.74) is 6.42. The lowest BCUT2D eigenvalue weighted by molar-refractivity contribution is 0.101. The van der Waals surface area contributed by atoms with Gasteiger partial charge in [0.05, 0.1) is 6.54 Å². The number of hydrogen-bond acceptors (Lipinski definition) is 2. The largest absolute Gasteiger partial charge is 0.378 e. The van der Waals surface area contributed by atoms with Crippen molar-refractivity contribution in [2.24, 2.45) is 0 Å². The fourth-order valence-corrected chi connectivity index (χ4v) is 2.48. The molecule has 104 valence electrons. The maximum Gasteiger partial charge on any atom is 0.182 e. The first-order valence-electron chi connectivity index (χ1n) is 6.88. The Morgan fingerprint density at radius 3 is 2.15 bits per heavy atom. The van der Waals surface area contributed by atoms with Gasteiger partial charge in [0, 0.05) is 11.3 Å². The highest BCUT2D eigenvalue weighted by molar-refractivity contribution is 6.00. The number of benzene rings is 2. The highest BCUT2D eigenvalue weighted by Gasteiger charge is 2.09. The fourth-order valence-electron chi connectivity index (χ4n) is 2.48. The van der Waals surface area contributed by atoms with Crippen LogP contribution in [-0.4, -0.2) is 12.3 Å². The summed E-state index contributed by atoms with van der Waals surface area (Å²) >= 11 is 0. The van der Waals surface area contributed by atoms with Gasteiger partial charge in [-0.15, -0.1) is 0 Å². The van der Waals surface area contributed by atoms with Crippen molar-refractivity contribution < 1.29 is 4.79 Å². The summed E-state index contributed by atoms with van der Waals surface area (Å²) in [6.45, 7) is 8.47. The van der Waals surface area contributed by atoms with Crippen molar-refractivity contribution in [1.82, 2.24) is 0 Å². The Kier molecular flexibility index (Phi) is 4.23. The first-order valence-corrected chi connectivity index (χ1v) is 6.88. The number of nitrogens with one attached hydrogen (secondary N) is 1. The van der Waals surface area contributed by atoms with Gasteiger partial charge in [0.25, 0.3) is 0 Å². The zero-order chi connectivity index (χ0) is 14.7. The summed E-state index contributed by atoms with van der Waals surface area (Å²) in [7, 11) is 0. The number of Topliss-reactive ketones (excluding diaryl/α,β-unsaturated/α-hetero) is 1. The van der Waals surface area contributed by atoms with E-state index in [9.17, 15) is 4.79 Å². The van der Waals surface area contributed by atoms with E-state index in [4.69, 9.17) is 0 Å². The van der Waals surface area contributed by atoms with E-state index in [1.165, 1.54) is 16.7 Å². The third-order valence-electron chi connectivity index (χ3n) is 3.36. The summed E-state index contributed by atoms with van der Waals surface area (Å²) in [5.74, 6) is 0.127. The third kappa shape index (κ3) is 3.47. The van der Waals surface area contributed by atoms with Crippen LogP contribution in [0.5, 0.6) is 0 Å². The number of carbonyl (C=O) groups is 1. The standard InChI is InChI=1S/C18H21NO/c1-12-5-6-17(15(4)8-12)18(20)11-19-16-9-13(2)7-14(3)10-16/h5-10,19H,11H2,1-4H3. The first-order chi connectivity index (χ1) is 9.45. The minimum atomic E-state index is 0.127. The predicted molar refractivity (Wildman–Crippen MR) is 84.7 cm³/mol. The Morgan fingerprint density at radius 2 is 1.55 bits per heavy atom. The van der Waals surface area contributed by atoms with Crippen LogP contribution in [0.15, 0.2) is 36.4 Å². The molecule has 0 spiro atoms. The Hall–Kier alpha value is -2.09. The quantitative estimate of drug-likeness (QED) is 0.840. The smallest absolute Gasteiger partial charge is 0.182 e. The molecule has 0 unspecified atom stereocenters. The SMILES string of the molecule is Cc1cc(C)cc(NCC(=O)c2ccc(C)cc2C)c1. The van der Waals surface area contributed by atoms with Crippen LogP contribution < -0.4 is 5.32 Å². The lowest BCUT2D eigenvalue weighted by Crippen LogP contribution is -2.15. The topological polar surface area (TPSA) is 29.1 Å². The highest BCUT2D eigenvalue weighted by Crippen LogP contribution is 2.15. The van der Waals surface area contributed by atoms with Crippen LogP contribution in [0, 0.1) is 27.7 Å². The number of anilines is 1. The molecule has 0 saturated heterocycles. The summed E-state index contributed by atoms with van der Waals surface area (Å²) in [5, 5.41) is 3.22. The Balaban J connectivity index is 2.08. The van der Waals surface area contributed by atoms with Crippen molar-refractivity contribution in [3.05, 3.63) is 64.2 Å². The zero-order valence-corrected chi connectivity index (χ0v) is 12.6. The van der Waals surface area contributed by atoms with Gasteiger partial charge in [0.15, 0.2) is 5.78 Å². The Bertz CT molecular complexity index is 624. The van der Waals surface area contributed by atoms with Crippen LogP contribution in [0.25, 0.3) is 0 Å². The fraction of sp³-hybridized carbons (Fsp3) is 0.278. The maximum atomic E-state index is 12.3. The molecule has 20 heavy (non-hydrogen) atoms. The van der Waals surface area contributed by atoms with Gasteiger partial charge >= 0.3 is 0 Å². The second-order valence-electron chi connectivity index (χ2n) is 5.47. The molecule has 2 nitrogen and oxygen atoms in total. The average Bonchev–Trinajstić information content (AvgIpc) is 2.35. The highest BCUT2D eigenvalue weighted by atomic mass is 16.1. The van der Waals surface area contributed by atoms with Crippen molar-refractivity contribution in [1.29, 1.82) is 0 Å². The molecule has 0 aliphatic rings. The molecular formula is C18H21NO. The van der Waals surface area contributed by atoms with E-state index in [-0.39, 0.29) is 5.78 Å². The Morgan fingerprint density at radius 1 is 0.900 bits per heavy atom. The molecule has 0 saturated carbocycles. The van der Waals surface area contributed by atoms with Crippen molar-refractivity contribution in [3.8, 4) is 0 Å². The van der Waals surface area contributed by atoms with Gasteiger partial charge in [-0.2, -0.15) is 0 Å². The van der Waals surface area contributed by atoms with Crippen LogP contribution in [0.1, 0.15) is 32.6 Å². The molecule has 2 rings (SSSR count). The summed E-state index contributed by atoms with van der Waals surface area (Å²) in [4.78, 5) is 12.3. The molecule has 0 bridgehead atoms. The molecule has 0 aromatic heterocycles. The second-order valence-corrected chi connectivity index (χ2v) is 5.47. The number of aryl methyl sites for hydroxylation is 4. The monoisotopic (exact) mass is 267 g/mol. The number of carbonyl (C=O) groups excluding carboxylic acids is 1. The molecule has 0 amide bonds. The van der Waals surface area contributed by atoms with Gasteiger partial charge in [0.2, 0.25) is 0 Å². The first kappa shape index (κ1) is 14.3. The van der Waals surface area contributed by atoms with Crippen molar-refractivity contribution in [2.45, 2.75) is 27.7 Å². The number of ketones is 1. The van der Waals surface area contributed by atoms with Crippen LogP contribution >= 0.6 is 0 Å². The van der Waals surface area contributed by atoms with Gasteiger partial charge in [-0.05, 0) is 56.5 Å². The summed E-state index contributed by atoms with van der Waals surface area (Å²) in [6, 6.07) is 12.2. The van der Waals surface area contributed by atoms with E-state index in [1.807, 2.05) is 32.0 Å². The molecule has 1 N–H and O–H groups in total. The molecule has 0 radical (unpaired) electrons. The number of hydrogen-bond donors (Lipinski definition) is 1. The lowest BCUT2D eigenvalue weighted by Gasteiger charge is -2.10. The summed E-state index contributed by atoms with van der Waals surface area (Å²) in [6.07, 6.45) is 0. The van der Waals surface area contributed by atoms with Crippen LogP contribution in [0.2, 0.25) is 0 Å². The van der Waals surface area contributed by atoms with Crippen molar-refractivity contribution >= 4 is 11.5 Å². The van der Waals surface area contributed by atoms with Gasteiger partial charge in [-0.3, -0.25) is 4.79 Å². The molecule has 0 heterocycles. The third-order valence-corrected chi connectivity index (χ3v) is 3.36. The molecule has 0 fully saturated rings. The lowest BCUT2D eigenvalue weighted by atomic mass is 10.0. The molecule has 2 aromatic carbocycles. The minimum Gasteiger partial charge on any atom is -0.378 e. The zero-order valence-electron chi connectivity index (χ0n) is 12.6. The molecule has 2 heteroatoms. The van der Waals surface area contributed by atoms with Gasteiger partial charge in [-0.25, -0.2) is 0 Å². The Labute approximate surface area is 120 Å². The van der Waals surface area contributed by atoms with E-state index in [0.717, 1.165) is 16.8 Å². The van der Waals surface area contributed by atoms with Crippen LogP contribution in [0.3, 0.4) is 0 Å². The van der Waals surface area contributed by atoms with E-state index in [2.05, 4.69) is 37.4 Å². The normalized spacial score (nSPS) is 10.4. The van der Waals surface area contributed by atoms with Crippen molar-refractivity contribution in [2.75, 3.05) is 11.9 Å². The average molecular weight is 267 g/mol. The minimum absolute atomic E-state index is 0.127. The van der Waals surface area contributed by atoms with Gasteiger partial charge < -0.3 is 5.32 Å². The molecule has 0 aliphatic heterocycles.